The van der Waals surface area contributed by atoms with Crippen LogP contribution in [0, 0.1) is 10.1 Å². The van der Waals surface area contributed by atoms with Crippen LogP contribution < -0.4 is 10.6 Å². The highest BCUT2D eigenvalue weighted by Gasteiger charge is 2.20. The number of nitro benzene ring substituents is 1. The number of rotatable bonds is 9. The van der Waals surface area contributed by atoms with Gasteiger partial charge in [-0.2, -0.15) is 0 Å². The minimum Gasteiger partial charge on any atom is -0.462 e. The first-order valence-corrected chi connectivity index (χ1v) is 9.92. The van der Waals surface area contributed by atoms with Crippen molar-refractivity contribution in [1.82, 2.24) is 10.6 Å². The maximum Gasteiger partial charge on any atom is 0.338 e. The Labute approximate surface area is 180 Å². The number of nitro groups is 1. The molecule has 0 aliphatic rings. The summed E-state index contributed by atoms with van der Waals surface area (Å²) >= 11 is 1.54. The quantitative estimate of drug-likeness (QED) is 0.335. The molecule has 2 N–H and O–H groups in total. The third-order valence-corrected chi connectivity index (χ3v) is 4.64. The third kappa shape index (κ3) is 7.51. The molecule has 12 heteroatoms. The Morgan fingerprint density at radius 3 is 2.35 bits per heavy atom. The van der Waals surface area contributed by atoms with Gasteiger partial charge in [0.15, 0.2) is 6.61 Å². The van der Waals surface area contributed by atoms with Crippen LogP contribution in [0.4, 0.5) is 10.5 Å². The second-order valence-corrected chi connectivity index (χ2v) is 6.99. The monoisotopic (exact) mass is 449 g/mol. The van der Waals surface area contributed by atoms with Crippen LogP contribution in [0.25, 0.3) is 0 Å². The molecule has 0 bridgehead atoms. The van der Waals surface area contributed by atoms with Crippen molar-refractivity contribution in [1.29, 1.82) is 0 Å². The highest BCUT2D eigenvalue weighted by molar-refractivity contribution is 7.09. The molecule has 3 amide bonds. The molecule has 0 atom stereocenters. The lowest BCUT2D eigenvalue weighted by atomic mass is 10.1. The molecule has 0 unspecified atom stereocenters. The van der Waals surface area contributed by atoms with E-state index in [-0.39, 0.29) is 17.7 Å². The van der Waals surface area contributed by atoms with Gasteiger partial charge in [0, 0.05) is 23.6 Å². The van der Waals surface area contributed by atoms with Crippen molar-refractivity contribution in [2.45, 2.75) is 13.3 Å². The standard InChI is InChI=1S/C19H19N3O8S/c1-2-29-17(24)12-8-13(10-14(9-12)22(27)28)18(25)30-11-16(23)21-19(26)20-6-5-15-4-3-7-31-15/h3-4,7-10H,2,5-6,11H2,1H3,(H2,20,21,23,26). The number of urea groups is 1. The smallest absolute Gasteiger partial charge is 0.338 e. The van der Waals surface area contributed by atoms with E-state index in [1.165, 1.54) is 11.3 Å². The molecule has 0 aliphatic carbocycles. The van der Waals surface area contributed by atoms with Crippen LogP contribution in [0.15, 0.2) is 35.7 Å². The molecule has 1 heterocycles. The summed E-state index contributed by atoms with van der Waals surface area (Å²) in [5.74, 6) is -2.82. The number of carbonyl (C=O) groups is 4. The molecular weight excluding hydrogens is 430 g/mol. The number of esters is 2. The summed E-state index contributed by atoms with van der Waals surface area (Å²) in [6, 6.07) is 5.97. The van der Waals surface area contributed by atoms with E-state index in [0.29, 0.717) is 13.0 Å². The Morgan fingerprint density at radius 2 is 1.77 bits per heavy atom. The van der Waals surface area contributed by atoms with Gasteiger partial charge in [-0.25, -0.2) is 14.4 Å². The number of imide groups is 1. The zero-order valence-electron chi connectivity index (χ0n) is 16.4. The van der Waals surface area contributed by atoms with E-state index < -0.39 is 41.1 Å². The lowest BCUT2D eigenvalue weighted by Gasteiger charge is -2.08. The van der Waals surface area contributed by atoms with Gasteiger partial charge in [0.1, 0.15) is 0 Å². The van der Waals surface area contributed by atoms with Crippen molar-refractivity contribution in [3.8, 4) is 0 Å². The van der Waals surface area contributed by atoms with Gasteiger partial charge in [-0.1, -0.05) is 6.07 Å². The Morgan fingerprint density at radius 1 is 1.10 bits per heavy atom. The first kappa shape index (κ1) is 23.5. The second kappa shape index (κ2) is 11.4. The average Bonchev–Trinajstić information content (AvgIpc) is 3.25. The Bertz CT molecular complexity index is 975. The third-order valence-electron chi connectivity index (χ3n) is 3.70. The molecule has 164 valence electrons. The summed E-state index contributed by atoms with van der Waals surface area (Å²) in [6.45, 7) is 1.11. The van der Waals surface area contributed by atoms with E-state index in [9.17, 15) is 29.3 Å². The maximum absolute atomic E-state index is 12.2. The normalized spacial score (nSPS) is 10.1. The minimum absolute atomic E-state index is 0.0386. The highest BCUT2D eigenvalue weighted by Crippen LogP contribution is 2.19. The number of non-ortho nitro benzene ring substituents is 1. The van der Waals surface area contributed by atoms with Crippen molar-refractivity contribution in [3.05, 3.63) is 61.8 Å². The van der Waals surface area contributed by atoms with Gasteiger partial charge in [0.05, 0.1) is 22.7 Å². The molecule has 0 saturated carbocycles. The van der Waals surface area contributed by atoms with Crippen LogP contribution in [0.2, 0.25) is 0 Å². The predicted molar refractivity (Wildman–Crippen MR) is 109 cm³/mol. The van der Waals surface area contributed by atoms with Gasteiger partial charge in [-0.3, -0.25) is 20.2 Å². The van der Waals surface area contributed by atoms with Crippen molar-refractivity contribution < 1.29 is 33.6 Å². The van der Waals surface area contributed by atoms with Gasteiger partial charge >= 0.3 is 18.0 Å². The molecular formula is C19H19N3O8S. The van der Waals surface area contributed by atoms with Crippen molar-refractivity contribution >= 4 is 40.9 Å². The molecule has 2 aromatic rings. The lowest BCUT2D eigenvalue weighted by Crippen LogP contribution is -2.42. The molecule has 1 aromatic carbocycles. The van der Waals surface area contributed by atoms with Gasteiger partial charge in [0.25, 0.3) is 11.6 Å². The van der Waals surface area contributed by atoms with E-state index in [0.717, 1.165) is 23.1 Å². The summed E-state index contributed by atoms with van der Waals surface area (Å²) in [4.78, 5) is 58.8. The van der Waals surface area contributed by atoms with Gasteiger partial charge in [-0.15, -0.1) is 11.3 Å². The van der Waals surface area contributed by atoms with Gasteiger partial charge in [-0.05, 0) is 30.9 Å². The summed E-state index contributed by atoms with van der Waals surface area (Å²) in [7, 11) is 0. The summed E-state index contributed by atoms with van der Waals surface area (Å²) in [5, 5.41) is 17.4. The molecule has 31 heavy (non-hydrogen) atoms. The number of nitrogens with zero attached hydrogens (tertiary/aromatic N) is 1. The van der Waals surface area contributed by atoms with E-state index in [2.05, 4.69) is 5.32 Å². The number of benzene rings is 1. The van der Waals surface area contributed by atoms with E-state index in [1.54, 1.807) is 6.92 Å². The Balaban J connectivity index is 1.88. The fourth-order valence-corrected chi connectivity index (χ4v) is 3.05. The number of amides is 3. The van der Waals surface area contributed by atoms with Crippen LogP contribution in [-0.4, -0.2) is 48.6 Å². The SMILES string of the molecule is CCOC(=O)c1cc(C(=O)OCC(=O)NC(=O)NCCc2cccs2)cc([N+](=O)[O-])c1. The lowest BCUT2D eigenvalue weighted by molar-refractivity contribution is -0.384. The Hall–Kier alpha value is -3.80. The fraction of sp³-hybridized carbons (Fsp3) is 0.263. The van der Waals surface area contributed by atoms with Crippen LogP contribution in [-0.2, 0) is 20.7 Å². The molecule has 2 rings (SSSR count). The predicted octanol–water partition coefficient (Wildman–Crippen LogP) is 2.06. The fourth-order valence-electron chi connectivity index (χ4n) is 2.34. The van der Waals surface area contributed by atoms with E-state index in [4.69, 9.17) is 9.47 Å². The maximum atomic E-state index is 12.2. The number of hydrogen-bond acceptors (Lipinski definition) is 9. The number of carbonyl (C=O) groups excluding carboxylic acids is 4. The number of ether oxygens (including phenoxy) is 2. The van der Waals surface area contributed by atoms with Crippen LogP contribution in [0.5, 0.6) is 0 Å². The molecule has 0 radical (unpaired) electrons. The van der Waals surface area contributed by atoms with Crippen molar-refractivity contribution in [3.63, 3.8) is 0 Å². The van der Waals surface area contributed by atoms with Gasteiger partial charge < -0.3 is 14.8 Å². The first-order chi connectivity index (χ1) is 14.8. The topological polar surface area (TPSA) is 154 Å². The summed E-state index contributed by atoms with van der Waals surface area (Å²) in [6.07, 6.45) is 0.601. The second-order valence-electron chi connectivity index (χ2n) is 5.96. The van der Waals surface area contributed by atoms with Crippen LogP contribution >= 0.6 is 11.3 Å². The minimum atomic E-state index is -1.08. The summed E-state index contributed by atoms with van der Waals surface area (Å²) < 4.78 is 9.55. The summed E-state index contributed by atoms with van der Waals surface area (Å²) in [5.41, 5.74) is -1.05. The van der Waals surface area contributed by atoms with Gasteiger partial charge in [0.2, 0.25) is 0 Å². The number of nitrogens with one attached hydrogen (secondary N) is 2. The molecule has 0 fully saturated rings. The van der Waals surface area contributed by atoms with Crippen molar-refractivity contribution in [2.24, 2.45) is 0 Å². The molecule has 1 aromatic heterocycles. The Kier molecular flexibility index (Phi) is 8.64. The average molecular weight is 449 g/mol. The number of hydrogen-bond donors (Lipinski definition) is 2. The molecule has 11 nitrogen and oxygen atoms in total. The molecule has 0 saturated heterocycles. The van der Waals surface area contributed by atoms with E-state index >= 15 is 0 Å². The first-order valence-electron chi connectivity index (χ1n) is 9.04. The number of thiophene rings is 1. The molecule has 0 aliphatic heterocycles. The van der Waals surface area contributed by atoms with Crippen LogP contribution in [0.3, 0.4) is 0 Å². The largest absolute Gasteiger partial charge is 0.462 e. The van der Waals surface area contributed by atoms with Crippen molar-refractivity contribution in [2.75, 3.05) is 19.8 Å². The zero-order valence-corrected chi connectivity index (χ0v) is 17.2. The van der Waals surface area contributed by atoms with E-state index in [1.807, 2.05) is 22.8 Å². The van der Waals surface area contributed by atoms with Crippen LogP contribution in [0.1, 0.15) is 32.5 Å². The molecule has 0 spiro atoms. The zero-order chi connectivity index (χ0) is 22.8. The highest BCUT2D eigenvalue weighted by atomic mass is 32.1.